The van der Waals surface area contributed by atoms with Crippen LogP contribution in [0.3, 0.4) is 0 Å². The summed E-state index contributed by atoms with van der Waals surface area (Å²) < 4.78 is 0. The number of halogens is 1. The number of allylic oxidation sites excluding steroid dienone is 1. The molecule has 150 valence electrons. The van der Waals surface area contributed by atoms with Crippen LogP contribution in [0.25, 0.3) is 0 Å². The summed E-state index contributed by atoms with van der Waals surface area (Å²) in [6.45, 7) is 3.89. The lowest BCUT2D eigenvalue weighted by Gasteiger charge is -2.33. The van der Waals surface area contributed by atoms with E-state index in [1.807, 2.05) is 26.0 Å². The van der Waals surface area contributed by atoms with Crippen LogP contribution in [0, 0.1) is 16.0 Å². The number of carbonyl (C=O) groups is 1. The number of hydrogen-bond donors (Lipinski definition) is 3. The first kappa shape index (κ1) is 20.8. The van der Waals surface area contributed by atoms with Gasteiger partial charge in [-0.1, -0.05) is 49.7 Å². The molecule has 0 aliphatic carbocycles. The monoisotopic (exact) mass is 430 g/mol. The predicted octanol–water partition coefficient (Wildman–Crippen LogP) is 4.32. The number of non-ortho nitro benzene ring substituents is 1. The summed E-state index contributed by atoms with van der Waals surface area (Å²) in [6, 6.07) is 12.4. The Morgan fingerprint density at radius 3 is 2.62 bits per heavy atom. The van der Waals surface area contributed by atoms with Gasteiger partial charge in [0.05, 0.1) is 16.5 Å². The molecule has 0 aromatic heterocycles. The van der Waals surface area contributed by atoms with Crippen LogP contribution in [0.1, 0.15) is 25.5 Å². The minimum absolute atomic E-state index is 0.0223. The van der Waals surface area contributed by atoms with Gasteiger partial charge in [-0.3, -0.25) is 14.9 Å². The second-order valence-electron chi connectivity index (χ2n) is 6.80. The molecule has 1 amide bonds. The van der Waals surface area contributed by atoms with Crippen molar-refractivity contribution in [1.82, 2.24) is 10.6 Å². The van der Waals surface area contributed by atoms with Crippen molar-refractivity contribution in [3.63, 3.8) is 0 Å². The quantitative estimate of drug-likeness (QED) is 0.371. The van der Waals surface area contributed by atoms with E-state index in [0.717, 1.165) is 0 Å². The van der Waals surface area contributed by atoms with Crippen LogP contribution in [-0.4, -0.2) is 15.9 Å². The maximum atomic E-state index is 13.3. The van der Waals surface area contributed by atoms with Gasteiger partial charge in [-0.2, -0.15) is 0 Å². The Hall–Kier alpha value is -2.97. The molecule has 2 aromatic rings. The molecule has 7 nitrogen and oxygen atoms in total. The predicted molar refractivity (Wildman–Crippen MR) is 117 cm³/mol. The molecular formula is C20H19ClN4O3S. The van der Waals surface area contributed by atoms with E-state index < -0.39 is 16.9 Å². The highest BCUT2D eigenvalue weighted by Crippen LogP contribution is 2.34. The zero-order valence-electron chi connectivity index (χ0n) is 15.7. The molecule has 29 heavy (non-hydrogen) atoms. The van der Waals surface area contributed by atoms with Crippen LogP contribution in [0.4, 0.5) is 11.4 Å². The molecule has 0 saturated heterocycles. The number of nitro benzene ring substituents is 1. The molecule has 0 radical (unpaired) electrons. The molecule has 3 rings (SSSR count). The minimum Gasteiger partial charge on any atom is -0.351 e. The Balaban J connectivity index is 2.05. The lowest BCUT2D eigenvalue weighted by Crippen LogP contribution is -2.47. The van der Waals surface area contributed by atoms with E-state index in [-0.39, 0.29) is 11.6 Å². The van der Waals surface area contributed by atoms with Crippen molar-refractivity contribution in [3.05, 3.63) is 80.5 Å². The fourth-order valence-electron chi connectivity index (χ4n) is 3.13. The van der Waals surface area contributed by atoms with E-state index in [2.05, 4.69) is 16.0 Å². The average Bonchev–Trinajstić information content (AvgIpc) is 2.67. The highest BCUT2D eigenvalue weighted by molar-refractivity contribution is 7.80. The van der Waals surface area contributed by atoms with E-state index in [9.17, 15) is 14.9 Å². The lowest BCUT2D eigenvalue weighted by atomic mass is 9.91. The van der Waals surface area contributed by atoms with E-state index in [1.165, 1.54) is 18.2 Å². The number of nitrogens with zero attached hydrogens (tertiary/aromatic N) is 1. The molecule has 1 atom stereocenters. The first-order valence-electron chi connectivity index (χ1n) is 8.89. The summed E-state index contributed by atoms with van der Waals surface area (Å²) in [4.78, 5) is 23.8. The van der Waals surface area contributed by atoms with Gasteiger partial charge in [-0.25, -0.2) is 0 Å². The molecule has 9 heteroatoms. The summed E-state index contributed by atoms with van der Waals surface area (Å²) in [7, 11) is 0. The van der Waals surface area contributed by atoms with Crippen LogP contribution in [0.5, 0.6) is 0 Å². The van der Waals surface area contributed by atoms with Crippen molar-refractivity contribution in [2.45, 2.75) is 19.9 Å². The molecule has 1 heterocycles. The Morgan fingerprint density at radius 1 is 1.24 bits per heavy atom. The normalized spacial score (nSPS) is 16.3. The first-order chi connectivity index (χ1) is 13.8. The fraction of sp³-hybridized carbons (Fsp3) is 0.200. The second kappa shape index (κ2) is 8.59. The number of rotatable bonds is 5. The van der Waals surface area contributed by atoms with Crippen molar-refractivity contribution in [3.8, 4) is 0 Å². The van der Waals surface area contributed by atoms with Crippen LogP contribution in [-0.2, 0) is 4.79 Å². The lowest BCUT2D eigenvalue weighted by molar-refractivity contribution is -0.384. The van der Waals surface area contributed by atoms with Crippen LogP contribution in [0.15, 0.2) is 59.8 Å². The van der Waals surface area contributed by atoms with Gasteiger partial charge in [-0.05, 0) is 35.8 Å². The van der Waals surface area contributed by atoms with Crippen LogP contribution in [0.2, 0.25) is 5.02 Å². The molecule has 0 spiro atoms. The van der Waals surface area contributed by atoms with Crippen molar-refractivity contribution >= 4 is 46.2 Å². The van der Waals surface area contributed by atoms with E-state index in [0.29, 0.717) is 32.7 Å². The minimum atomic E-state index is -0.562. The number of nitro groups is 1. The Labute approximate surface area is 178 Å². The third-order valence-electron chi connectivity index (χ3n) is 4.46. The highest BCUT2D eigenvalue weighted by Gasteiger charge is 2.33. The Kier molecular flexibility index (Phi) is 6.14. The highest BCUT2D eigenvalue weighted by atomic mass is 35.5. The second-order valence-corrected chi connectivity index (χ2v) is 7.61. The number of carbonyl (C=O) groups excluding carboxylic acids is 1. The first-order valence-corrected chi connectivity index (χ1v) is 9.68. The average molecular weight is 431 g/mol. The Bertz CT molecular complexity index is 1020. The molecule has 0 saturated carbocycles. The summed E-state index contributed by atoms with van der Waals surface area (Å²) in [5, 5.41) is 20.9. The SMILES string of the molecule is CC(C)C1=C(C(=O)Nc2cccc([N+](=O)[O-])c2)C(c2ccccc2Cl)NC(=S)N1. The number of hydrogen-bond acceptors (Lipinski definition) is 4. The number of nitrogens with one attached hydrogen (secondary N) is 3. The third kappa shape index (κ3) is 4.55. The molecule has 0 fully saturated rings. The topological polar surface area (TPSA) is 96.3 Å². The van der Waals surface area contributed by atoms with E-state index in [1.54, 1.807) is 18.2 Å². The summed E-state index contributed by atoms with van der Waals surface area (Å²) in [5.74, 6) is -0.424. The number of amides is 1. The van der Waals surface area contributed by atoms with Gasteiger partial charge in [0.25, 0.3) is 11.6 Å². The van der Waals surface area contributed by atoms with Gasteiger partial charge < -0.3 is 16.0 Å². The van der Waals surface area contributed by atoms with Crippen molar-refractivity contribution in [2.75, 3.05) is 5.32 Å². The standard InChI is InChI=1S/C20H19ClN4O3S/c1-11(2)17-16(19(26)22-12-6-5-7-13(10-12)25(27)28)18(24-20(29)23-17)14-8-3-4-9-15(14)21/h3-11,18H,1-2H3,(H,22,26)(H2,23,24,29). The largest absolute Gasteiger partial charge is 0.351 e. The van der Waals surface area contributed by atoms with Crippen molar-refractivity contribution in [2.24, 2.45) is 5.92 Å². The zero-order valence-corrected chi connectivity index (χ0v) is 17.3. The van der Waals surface area contributed by atoms with E-state index in [4.69, 9.17) is 23.8 Å². The molecule has 1 unspecified atom stereocenters. The van der Waals surface area contributed by atoms with Crippen molar-refractivity contribution < 1.29 is 9.72 Å². The van der Waals surface area contributed by atoms with E-state index >= 15 is 0 Å². The van der Waals surface area contributed by atoms with Gasteiger partial charge in [0.15, 0.2) is 5.11 Å². The fourth-order valence-corrected chi connectivity index (χ4v) is 3.60. The molecular weight excluding hydrogens is 412 g/mol. The van der Waals surface area contributed by atoms with Gasteiger partial charge in [0.1, 0.15) is 0 Å². The van der Waals surface area contributed by atoms with Crippen LogP contribution < -0.4 is 16.0 Å². The van der Waals surface area contributed by atoms with Gasteiger partial charge >= 0.3 is 0 Å². The molecule has 2 aromatic carbocycles. The molecule has 1 aliphatic heterocycles. The summed E-state index contributed by atoms with van der Waals surface area (Å²) >= 11 is 11.7. The number of benzene rings is 2. The zero-order chi connectivity index (χ0) is 21.1. The smallest absolute Gasteiger partial charge is 0.271 e. The maximum absolute atomic E-state index is 13.3. The summed E-state index contributed by atoms with van der Waals surface area (Å²) in [5.41, 5.74) is 2.02. The molecule has 3 N–H and O–H groups in total. The number of thiocarbonyl (C=S) groups is 1. The Morgan fingerprint density at radius 2 is 1.97 bits per heavy atom. The molecule has 1 aliphatic rings. The van der Waals surface area contributed by atoms with Crippen molar-refractivity contribution in [1.29, 1.82) is 0 Å². The summed E-state index contributed by atoms with van der Waals surface area (Å²) in [6.07, 6.45) is 0. The molecule has 0 bridgehead atoms. The van der Waals surface area contributed by atoms with Gasteiger partial charge in [0.2, 0.25) is 0 Å². The maximum Gasteiger partial charge on any atom is 0.271 e. The third-order valence-corrected chi connectivity index (χ3v) is 5.02. The number of anilines is 1. The van der Waals surface area contributed by atoms with Gasteiger partial charge in [0, 0.05) is 28.5 Å². The van der Waals surface area contributed by atoms with Gasteiger partial charge in [-0.15, -0.1) is 0 Å². The van der Waals surface area contributed by atoms with Crippen LogP contribution >= 0.6 is 23.8 Å².